The molecule has 0 spiro atoms. The molecule has 8 heteroatoms. The van der Waals surface area contributed by atoms with E-state index in [0.29, 0.717) is 23.9 Å². The van der Waals surface area contributed by atoms with Crippen LogP contribution in [0.2, 0.25) is 0 Å². The minimum absolute atomic E-state index is 0.0701. The van der Waals surface area contributed by atoms with Gasteiger partial charge in [0.25, 0.3) is 5.56 Å². The highest BCUT2D eigenvalue weighted by Crippen LogP contribution is 2.22. The summed E-state index contributed by atoms with van der Waals surface area (Å²) in [5.41, 5.74) is 2.00. The highest BCUT2D eigenvalue weighted by atomic mass is 16.5. The first kappa shape index (κ1) is 19.4. The van der Waals surface area contributed by atoms with Gasteiger partial charge in [0.15, 0.2) is 0 Å². The van der Waals surface area contributed by atoms with E-state index in [4.69, 9.17) is 14.0 Å². The Labute approximate surface area is 172 Å². The van der Waals surface area contributed by atoms with Gasteiger partial charge in [0, 0.05) is 17.2 Å². The Hall–Kier alpha value is -3.94. The van der Waals surface area contributed by atoms with Gasteiger partial charge in [-0.1, -0.05) is 17.3 Å². The van der Waals surface area contributed by atoms with Crippen LogP contribution in [0.25, 0.3) is 22.6 Å². The number of rotatable bonds is 7. The van der Waals surface area contributed by atoms with Crippen LogP contribution in [-0.4, -0.2) is 33.6 Å². The highest BCUT2D eigenvalue weighted by Gasteiger charge is 2.12. The van der Waals surface area contributed by atoms with E-state index >= 15 is 0 Å². The van der Waals surface area contributed by atoms with Gasteiger partial charge in [-0.2, -0.15) is 10.1 Å². The smallest absolute Gasteiger partial charge is 0.267 e. The summed E-state index contributed by atoms with van der Waals surface area (Å²) in [4.78, 5) is 16.7. The Morgan fingerprint density at radius 1 is 1.00 bits per heavy atom. The third kappa shape index (κ3) is 4.22. The number of aromatic nitrogens is 4. The molecule has 0 fully saturated rings. The molecule has 4 rings (SSSR count). The molecule has 0 N–H and O–H groups in total. The lowest BCUT2D eigenvalue weighted by Crippen LogP contribution is -2.23. The van der Waals surface area contributed by atoms with Gasteiger partial charge < -0.3 is 14.0 Å². The van der Waals surface area contributed by atoms with Crippen molar-refractivity contribution in [2.24, 2.45) is 0 Å². The van der Waals surface area contributed by atoms with Crippen molar-refractivity contribution in [3.63, 3.8) is 0 Å². The Bertz CT molecular complexity index is 1200. The predicted molar refractivity (Wildman–Crippen MR) is 110 cm³/mol. The third-order valence-corrected chi connectivity index (χ3v) is 4.41. The fourth-order valence-electron chi connectivity index (χ4n) is 2.93. The molecular formula is C22H20N4O4. The zero-order valence-corrected chi connectivity index (χ0v) is 16.6. The monoisotopic (exact) mass is 404 g/mol. The molecule has 8 nitrogen and oxygen atoms in total. The lowest BCUT2D eigenvalue weighted by Gasteiger charge is -2.06. The third-order valence-electron chi connectivity index (χ3n) is 4.41. The summed E-state index contributed by atoms with van der Waals surface area (Å²) in [5, 5.41) is 8.44. The van der Waals surface area contributed by atoms with Gasteiger partial charge in [-0.3, -0.25) is 4.79 Å². The standard InChI is InChI=1S/C22H20N4O4/c1-3-29-17-9-7-15(8-10-17)22-23-20(30-25-22)14-26-21(27)12-11-19(24-26)16-5-4-6-18(13-16)28-2/h4-13H,3,14H2,1-2H3. The van der Waals surface area contributed by atoms with Crippen molar-refractivity contribution in [2.45, 2.75) is 13.5 Å². The zero-order chi connectivity index (χ0) is 20.9. The summed E-state index contributed by atoms with van der Waals surface area (Å²) in [6.07, 6.45) is 0. The molecule has 0 aliphatic heterocycles. The van der Waals surface area contributed by atoms with Gasteiger partial charge in [-0.25, -0.2) is 4.68 Å². The van der Waals surface area contributed by atoms with Crippen LogP contribution in [0.4, 0.5) is 0 Å². The lowest BCUT2D eigenvalue weighted by molar-refractivity contribution is 0.340. The number of ether oxygens (including phenoxy) is 2. The van der Waals surface area contributed by atoms with Crippen molar-refractivity contribution in [3.05, 3.63) is 76.9 Å². The Morgan fingerprint density at radius 2 is 1.83 bits per heavy atom. The second-order valence-corrected chi connectivity index (χ2v) is 6.42. The van der Waals surface area contributed by atoms with Gasteiger partial charge in [0.2, 0.25) is 11.7 Å². The quantitative estimate of drug-likeness (QED) is 0.466. The van der Waals surface area contributed by atoms with Crippen LogP contribution in [0.1, 0.15) is 12.8 Å². The molecule has 2 heterocycles. The summed E-state index contributed by atoms with van der Waals surface area (Å²) in [6.45, 7) is 2.60. The number of benzene rings is 2. The number of nitrogens with zero attached hydrogens (tertiary/aromatic N) is 4. The Balaban J connectivity index is 1.56. The maximum atomic E-state index is 12.3. The molecule has 0 aliphatic carbocycles. The largest absolute Gasteiger partial charge is 0.497 e. The van der Waals surface area contributed by atoms with Crippen LogP contribution < -0.4 is 15.0 Å². The fraction of sp³-hybridized carbons (Fsp3) is 0.182. The molecular weight excluding hydrogens is 384 g/mol. The first-order valence-corrected chi connectivity index (χ1v) is 9.44. The Morgan fingerprint density at radius 3 is 2.60 bits per heavy atom. The minimum Gasteiger partial charge on any atom is -0.497 e. The number of methoxy groups -OCH3 is 1. The van der Waals surface area contributed by atoms with Crippen LogP contribution in [0.3, 0.4) is 0 Å². The average molecular weight is 404 g/mol. The van der Waals surface area contributed by atoms with E-state index in [1.807, 2.05) is 55.5 Å². The van der Waals surface area contributed by atoms with Crippen LogP contribution in [0.5, 0.6) is 11.5 Å². The summed E-state index contributed by atoms with van der Waals surface area (Å²) in [6, 6.07) is 18.0. The van der Waals surface area contributed by atoms with E-state index in [2.05, 4.69) is 15.2 Å². The van der Waals surface area contributed by atoms with Crippen LogP contribution in [0.15, 0.2) is 70.0 Å². The van der Waals surface area contributed by atoms with Crippen molar-refractivity contribution in [1.29, 1.82) is 0 Å². The van der Waals surface area contributed by atoms with Gasteiger partial charge in [0.05, 0.1) is 19.4 Å². The second kappa shape index (κ2) is 8.60. The van der Waals surface area contributed by atoms with Crippen molar-refractivity contribution in [1.82, 2.24) is 19.9 Å². The first-order valence-electron chi connectivity index (χ1n) is 9.44. The van der Waals surface area contributed by atoms with Gasteiger partial charge in [0.1, 0.15) is 18.0 Å². The van der Waals surface area contributed by atoms with E-state index in [1.165, 1.54) is 10.7 Å². The Kier molecular flexibility index (Phi) is 5.56. The molecule has 2 aromatic heterocycles. The molecule has 152 valence electrons. The topological polar surface area (TPSA) is 92.3 Å². The molecule has 0 saturated carbocycles. The average Bonchev–Trinajstić information content (AvgIpc) is 3.24. The van der Waals surface area contributed by atoms with Crippen LogP contribution in [0, 0.1) is 0 Å². The molecule has 0 radical (unpaired) electrons. The molecule has 0 aliphatic rings. The van der Waals surface area contributed by atoms with Gasteiger partial charge >= 0.3 is 0 Å². The molecule has 0 unspecified atom stereocenters. The number of hydrogen-bond acceptors (Lipinski definition) is 7. The second-order valence-electron chi connectivity index (χ2n) is 6.42. The normalized spacial score (nSPS) is 10.7. The fourth-order valence-corrected chi connectivity index (χ4v) is 2.93. The number of hydrogen-bond donors (Lipinski definition) is 0. The van der Waals surface area contributed by atoms with Gasteiger partial charge in [-0.15, -0.1) is 0 Å². The van der Waals surface area contributed by atoms with E-state index in [9.17, 15) is 4.79 Å². The molecule has 0 saturated heterocycles. The summed E-state index contributed by atoms with van der Waals surface area (Å²) >= 11 is 0. The van der Waals surface area contributed by atoms with Crippen molar-refractivity contribution in [3.8, 4) is 34.1 Å². The summed E-state index contributed by atoms with van der Waals surface area (Å²) in [5.74, 6) is 2.21. The van der Waals surface area contributed by atoms with Crippen molar-refractivity contribution >= 4 is 0 Å². The van der Waals surface area contributed by atoms with Crippen molar-refractivity contribution < 1.29 is 14.0 Å². The molecule has 30 heavy (non-hydrogen) atoms. The molecule has 0 bridgehead atoms. The molecule has 4 aromatic rings. The summed E-state index contributed by atoms with van der Waals surface area (Å²) < 4.78 is 17.3. The maximum absolute atomic E-state index is 12.3. The van der Waals surface area contributed by atoms with Crippen LogP contribution >= 0.6 is 0 Å². The van der Waals surface area contributed by atoms with E-state index in [0.717, 1.165) is 16.9 Å². The van der Waals surface area contributed by atoms with Gasteiger partial charge in [-0.05, 0) is 49.4 Å². The maximum Gasteiger partial charge on any atom is 0.267 e. The minimum atomic E-state index is -0.262. The molecule has 2 aromatic carbocycles. The van der Waals surface area contributed by atoms with Crippen molar-refractivity contribution in [2.75, 3.05) is 13.7 Å². The first-order chi connectivity index (χ1) is 14.7. The predicted octanol–water partition coefficient (Wildman–Crippen LogP) is 3.42. The van der Waals surface area contributed by atoms with Crippen LogP contribution in [-0.2, 0) is 6.54 Å². The molecule has 0 amide bonds. The SMILES string of the molecule is CCOc1ccc(-c2noc(Cn3nc(-c4cccc(OC)c4)ccc3=O)n2)cc1. The van der Waals surface area contributed by atoms with E-state index in [1.54, 1.807) is 13.2 Å². The van der Waals surface area contributed by atoms with E-state index < -0.39 is 0 Å². The zero-order valence-electron chi connectivity index (χ0n) is 16.6. The highest BCUT2D eigenvalue weighted by molar-refractivity contribution is 5.60. The summed E-state index contributed by atoms with van der Waals surface area (Å²) in [7, 11) is 1.60. The molecule has 0 atom stereocenters. The lowest BCUT2D eigenvalue weighted by atomic mass is 10.1. The van der Waals surface area contributed by atoms with E-state index in [-0.39, 0.29) is 18.0 Å².